The summed E-state index contributed by atoms with van der Waals surface area (Å²) in [5.74, 6) is 0.624. The first-order chi connectivity index (χ1) is 17.2. The van der Waals surface area contributed by atoms with Crippen LogP contribution in [0.25, 0.3) is 0 Å². The van der Waals surface area contributed by atoms with Crippen LogP contribution in [0.2, 0.25) is 0 Å². The minimum absolute atomic E-state index is 0.0289. The Balaban J connectivity index is 2.07. The summed E-state index contributed by atoms with van der Waals surface area (Å²) in [6.07, 6.45) is 6.32. The monoisotopic (exact) mass is 500 g/mol. The molecule has 3 amide bonds. The van der Waals surface area contributed by atoms with E-state index in [0.29, 0.717) is 42.5 Å². The number of nitrogens with two attached hydrogens (primary N) is 1. The quantitative estimate of drug-likeness (QED) is 0.314. The van der Waals surface area contributed by atoms with Gasteiger partial charge in [-0.2, -0.15) is 0 Å². The third kappa shape index (κ3) is 9.92. The molecule has 1 aromatic rings. The lowest BCUT2D eigenvalue weighted by molar-refractivity contribution is -0.124. The van der Waals surface area contributed by atoms with Gasteiger partial charge in [0.25, 0.3) is 11.8 Å². The van der Waals surface area contributed by atoms with E-state index in [1.54, 1.807) is 24.3 Å². The predicted molar refractivity (Wildman–Crippen MR) is 146 cm³/mol. The van der Waals surface area contributed by atoms with Crippen molar-refractivity contribution in [2.24, 2.45) is 23.5 Å². The molecule has 36 heavy (non-hydrogen) atoms. The summed E-state index contributed by atoms with van der Waals surface area (Å²) in [4.78, 5) is 40.6. The highest BCUT2D eigenvalue weighted by atomic mass is 16.2. The van der Waals surface area contributed by atoms with E-state index in [4.69, 9.17) is 5.73 Å². The molecule has 0 aliphatic heterocycles. The number of amides is 3. The first kappa shape index (κ1) is 29.8. The predicted octanol–water partition coefficient (Wildman–Crippen LogP) is 4.36. The van der Waals surface area contributed by atoms with Gasteiger partial charge in [0.2, 0.25) is 5.91 Å². The van der Waals surface area contributed by atoms with E-state index in [0.717, 1.165) is 32.2 Å². The molecule has 0 radical (unpaired) electrons. The Morgan fingerprint density at radius 3 is 2.25 bits per heavy atom. The molecule has 4 N–H and O–H groups in total. The number of nitrogens with zero attached hydrogens (tertiary/aromatic N) is 1. The van der Waals surface area contributed by atoms with Crippen LogP contribution in [0.3, 0.4) is 0 Å². The maximum Gasteiger partial charge on any atom is 0.253 e. The number of rotatable bonds is 16. The van der Waals surface area contributed by atoms with Crippen LogP contribution in [0.1, 0.15) is 100 Å². The lowest BCUT2D eigenvalue weighted by Crippen LogP contribution is -2.49. The van der Waals surface area contributed by atoms with Crippen molar-refractivity contribution in [2.45, 2.75) is 91.6 Å². The molecule has 7 heteroatoms. The van der Waals surface area contributed by atoms with Crippen molar-refractivity contribution >= 4 is 17.7 Å². The summed E-state index contributed by atoms with van der Waals surface area (Å²) < 4.78 is 0. The Kier molecular flexibility index (Phi) is 12.4. The molecule has 0 heterocycles. The van der Waals surface area contributed by atoms with E-state index in [2.05, 4.69) is 38.3 Å². The highest BCUT2D eigenvalue weighted by Gasteiger charge is 2.27. The third-order valence-corrected chi connectivity index (χ3v) is 6.87. The van der Waals surface area contributed by atoms with Gasteiger partial charge in [-0.15, -0.1) is 0 Å². The molecule has 1 aromatic carbocycles. The molecule has 1 aliphatic rings. The minimum Gasteiger partial charge on any atom is -0.356 e. The van der Waals surface area contributed by atoms with Gasteiger partial charge in [-0.1, -0.05) is 40.7 Å². The van der Waals surface area contributed by atoms with Crippen LogP contribution in [0, 0.1) is 17.8 Å². The molecular formula is C29H48N4O3. The van der Waals surface area contributed by atoms with Gasteiger partial charge in [0.05, 0.1) is 0 Å². The zero-order valence-corrected chi connectivity index (χ0v) is 23.0. The third-order valence-electron chi connectivity index (χ3n) is 6.87. The van der Waals surface area contributed by atoms with Crippen LogP contribution >= 0.6 is 0 Å². The number of nitrogens with one attached hydrogen (secondary N) is 2. The fraction of sp³-hybridized carbons (Fsp3) is 0.690. The second-order valence-electron chi connectivity index (χ2n) is 10.9. The second-order valence-corrected chi connectivity index (χ2v) is 10.9. The Labute approximate surface area is 218 Å². The molecule has 1 saturated carbocycles. The van der Waals surface area contributed by atoms with Crippen LogP contribution < -0.4 is 16.4 Å². The van der Waals surface area contributed by atoms with E-state index in [1.165, 1.54) is 12.8 Å². The first-order valence-corrected chi connectivity index (χ1v) is 13.9. The molecule has 3 atom stereocenters. The second kappa shape index (κ2) is 15.0. The molecule has 1 aliphatic carbocycles. The molecule has 0 spiro atoms. The maximum absolute atomic E-state index is 13.2. The van der Waals surface area contributed by atoms with Crippen molar-refractivity contribution in [3.8, 4) is 0 Å². The number of hydrogen-bond donors (Lipinski definition) is 3. The molecular weight excluding hydrogens is 452 g/mol. The maximum atomic E-state index is 13.2. The first-order valence-electron chi connectivity index (χ1n) is 13.9. The van der Waals surface area contributed by atoms with Crippen LogP contribution in [0.15, 0.2) is 24.3 Å². The van der Waals surface area contributed by atoms with Crippen molar-refractivity contribution in [3.05, 3.63) is 35.4 Å². The van der Waals surface area contributed by atoms with Gasteiger partial charge in [-0.3, -0.25) is 14.4 Å². The summed E-state index contributed by atoms with van der Waals surface area (Å²) in [6, 6.07) is 6.33. The summed E-state index contributed by atoms with van der Waals surface area (Å²) in [6.45, 7) is 12.4. The fourth-order valence-electron chi connectivity index (χ4n) is 4.41. The van der Waals surface area contributed by atoms with E-state index in [9.17, 15) is 14.4 Å². The standard InChI is InChI=1S/C29H48N4O3/c1-6-15-33(16-7-2)29(36)24-10-8-9-23(18-24)28(35)32-26(14-11-20(3)4)25(30)17-21(5)27(34)31-19-22-12-13-22/h8-10,18,20-22,25-26H,6-7,11-17,19,30H2,1-5H3,(H,31,34)(H,32,35)/t21-,25+,26+/m1/s1. The van der Waals surface area contributed by atoms with Crippen LogP contribution in [0.4, 0.5) is 0 Å². The zero-order chi connectivity index (χ0) is 26.7. The Bertz CT molecular complexity index is 847. The van der Waals surface area contributed by atoms with Crippen LogP contribution in [-0.4, -0.2) is 54.3 Å². The smallest absolute Gasteiger partial charge is 0.253 e. The van der Waals surface area contributed by atoms with Gasteiger partial charge in [0.1, 0.15) is 0 Å². The molecule has 0 bridgehead atoms. The average Bonchev–Trinajstić information content (AvgIpc) is 3.68. The van der Waals surface area contributed by atoms with Crippen LogP contribution in [-0.2, 0) is 4.79 Å². The van der Waals surface area contributed by atoms with Gasteiger partial charge in [0, 0.05) is 48.8 Å². The van der Waals surface area contributed by atoms with Gasteiger partial charge < -0.3 is 21.3 Å². The van der Waals surface area contributed by atoms with Crippen molar-refractivity contribution in [1.29, 1.82) is 0 Å². The van der Waals surface area contributed by atoms with Gasteiger partial charge in [0.15, 0.2) is 0 Å². The van der Waals surface area contributed by atoms with Crippen molar-refractivity contribution in [1.82, 2.24) is 15.5 Å². The van der Waals surface area contributed by atoms with E-state index >= 15 is 0 Å². The molecule has 7 nitrogen and oxygen atoms in total. The van der Waals surface area contributed by atoms with Gasteiger partial charge in [-0.25, -0.2) is 0 Å². The van der Waals surface area contributed by atoms with Crippen molar-refractivity contribution in [3.63, 3.8) is 0 Å². The summed E-state index contributed by atoms with van der Waals surface area (Å²) in [5.41, 5.74) is 7.54. The largest absolute Gasteiger partial charge is 0.356 e. The van der Waals surface area contributed by atoms with Crippen molar-refractivity contribution < 1.29 is 14.4 Å². The molecule has 2 rings (SSSR count). The summed E-state index contributed by atoms with van der Waals surface area (Å²) >= 11 is 0. The highest BCUT2D eigenvalue weighted by molar-refractivity contribution is 5.99. The summed E-state index contributed by atoms with van der Waals surface area (Å²) in [7, 11) is 0. The van der Waals surface area contributed by atoms with E-state index < -0.39 is 0 Å². The zero-order valence-electron chi connectivity index (χ0n) is 23.0. The molecule has 202 valence electrons. The molecule has 0 saturated heterocycles. The number of benzene rings is 1. The topological polar surface area (TPSA) is 105 Å². The normalized spacial score (nSPS) is 15.8. The number of hydrogen-bond acceptors (Lipinski definition) is 4. The fourth-order valence-corrected chi connectivity index (χ4v) is 4.41. The van der Waals surface area contributed by atoms with E-state index in [-0.39, 0.29) is 35.7 Å². The lowest BCUT2D eigenvalue weighted by Gasteiger charge is -2.28. The molecule has 1 fully saturated rings. The summed E-state index contributed by atoms with van der Waals surface area (Å²) in [5, 5.41) is 6.15. The Morgan fingerprint density at radius 2 is 1.67 bits per heavy atom. The van der Waals surface area contributed by atoms with Gasteiger partial charge in [-0.05, 0) is 75.0 Å². The molecule has 0 unspecified atom stereocenters. The van der Waals surface area contributed by atoms with E-state index in [1.807, 2.05) is 11.8 Å². The van der Waals surface area contributed by atoms with Crippen molar-refractivity contribution in [2.75, 3.05) is 19.6 Å². The van der Waals surface area contributed by atoms with Crippen LogP contribution in [0.5, 0.6) is 0 Å². The highest BCUT2D eigenvalue weighted by Crippen LogP contribution is 2.27. The number of carbonyl (C=O) groups excluding carboxylic acids is 3. The lowest BCUT2D eigenvalue weighted by atomic mass is 9.91. The SMILES string of the molecule is CCCN(CCC)C(=O)c1cccc(C(=O)N[C@@H](CCC(C)C)[C@@H](N)C[C@@H](C)C(=O)NCC2CC2)c1. The molecule has 0 aromatic heterocycles. The Morgan fingerprint density at radius 1 is 1.03 bits per heavy atom. The average molecular weight is 501 g/mol. The minimum atomic E-state index is -0.344. The Hall–Kier alpha value is -2.41. The number of carbonyl (C=O) groups is 3. The van der Waals surface area contributed by atoms with Gasteiger partial charge >= 0.3 is 0 Å².